The van der Waals surface area contributed by atoms with Crippen molar-refractivity contribution in [3.8, 4) is 0 Å². The van der Waals surface area contributed by atoms with Crippen molar-refractivity contribution in [1.29, 1.82) is 0 Å². The molecule has 0 aromatic heterocycles. The number of nitrogens with one attached hydrogen (secondary N) is 1. The predicted octanol–water partition coefficient (Wildman–Crippen LogP) is 1.12. The SMILES string of the molecule is CCCCC(C)N1C(=O)CNC1=O. The van der Waals surface area contributed by atoms with E-state index in [4.69, 9.17) is 0 Å². The van der Waals surface area contributed by atoms with Gasteiger partial charge in [0.15, 0.2) is 0 Å². The number of urea groups is 1. The Kier molecular flexibility index (Phi) is 3.28. The van der Waals surface area contributed by atoms with Crippen LogP contribution in [0.4, 0.5) is 4.79 Å². The molecule has 0 saturated carbocycles. The highest BCUT2D eigenvalue weighted by molar-refractivity contribution is 6.02. The van der Waals surface area contributed by atoms with Crippen LogP contribution in [0.25, 0.3) is 0 Å². The number of carbonyl (C=O) groups is 2. The molecule has 74 valence electrons. The quantitative estimate of drug-likeness (QED) is 0.665. The largest absolute Gasteiger partial charge is 0.329 e. The molecular formula is C9H16N2O2. The fourth-order valence-electron chi connectivity index (χ4n) is 1.51. The van der Waals surface area contributed by atoms with Crippen molar-refractivity contribution in [2.45, 2.75) is 39.2 Å². The first kappa shape index (κ1) is 10.0. The van der Waals surface area contributed by atoms with Crippen molar-refractivity contribution in [2.24, 2.45) is 0 Å². The van der Waals surface area contributed by atoms with Crippen LogP contribution in [0.5, 0.6) is 0 Å². The van der Waals surface area contributed by atoms with Crippen molar-refractivity contribution < 1.29 is 9.59 Å². The summed E-state index contributed by atoms with van der Waals surface area (Å²) in [6.07, 6.45) is 3.04. The van der Waals surface area contributed by atoms with Gasteiger partial charge in [-0.05, 0) is 13.3 Å². The second kappa shape index (κ2) is 4.25. The van der Waals surface area contributed by atoms with Crippen LogP contribution in [0.15, 0.2) is 0 Å². The fraction of sp³-hybridized carbons (Fsp3) is 0.778. The minimum absolute atomic E-state index is 0.0370. The Morgan fingerprint density at radius 2 is 2.23 bits per heavy atom. The monoisotopic (exact) mass is 184 g/mol. The zero-order chi connectivity index (χ0) is 9.84. The molecule has 0 radical (unpaired) electrons. The van der Waals surface area contributed by atoms with E-state index in [2.05, 4.69) is 12.2 Å². The van der Waals surface area contributed by atoms with Gasteiger partial charge in [0.1, 0.15) is 0 Å². The molecular weight excluding hydrogens is 168 g/mol. The molecule has 0 bridgehead atoms. The van der Waals surface area contributed by atoms with Gasteiger partial charge in [0.05, 0.1) is 6.54 Å². The second-order valence-electron chi connectivity index (χ2n) is 3.41. The average molecular weight is 184 g/mol. The summed E-state index contributed by atoms with van der Waals surface area (Å²) in [6.45, 7) is 4.17. The molecule has 1 saturated heterocycles. The van der Waals surface area contributed by atoms with E-state index in [9.17, 15) is 9.59 Å². The van der Waals surface area contributed by atoms with Crippen molar-refractivity contribution >= 4 is 11.9 Å². The number of unbranched alkanes of at least 4 members (excludes halogenated alkanes) is 1. The Labute approximate surface area is 78.3 Å². The van der Waals surface area contributed by atoms with Crippen LogP contribution in [0.2, 0.25) is 0 Å². The topological polar surface area (TPSA) is 49.4 Å². The maximum absolute atomic E-state index is 11.2. The van der Waals surface area contributed by atoms with Crippen LogP contribution in [-0.4, -0.2) is 29.4 Å². The molecule has 3 amide bonds. The Bertz CT molecular complexity index is 200. The maximum Gasteiger partial charge on any atom is 0.324 e. The van der Waals surface area contributed by atoms with Crippen molar-refractivity contribution in [1.82, 2.24) is 10.2 Å². The predicted molar refractivity (Wildman–Crippen MR) is 49.2 cm³/mol. The molecule has 1 heterocycles. The van der Waals surface area contributed by atoms with E-state index in [0.717, 1.165) is 19.3 Å². The Morgan fingerprint density at radius 3 is 2.69 bits per heavy atom. The van der Waals surface area contributed by atoms with E-state index >= 15 is 0 Å². The van der Waals surface area contributed by atoms with E-state index in [0.29, 0.717) is 0 Å². The number of amides is 3. The van der Waals surface area contributed by atoms with Crippen molar-refractivity contribution in [3.05, 3.63) is 0 Å². The second-order valence-corrected chi connectivity index (χ2v) is 3.41. The van der Waals surface area contributed by atoms with E-state index in [1.54, 1.807) is 0 Å². The minimum atomic E-state index is -0.242. The van der Waals surface area contributed by atoms with E-state index in [1.165, 1.54) is 4.90 Å². The number of imide groups is 1. The van der Waals surface area contributed by atoms with Gasteiger partial charge in [-0.3, -0.25) is 9.69 Å². The van der Waals surface area contributed by atoms with Gasteiger partial charge in [0.25, 0.3) is 0 Å². The Balaban J connectivity index is 2.49. The summed E-state index contributed by atoms with van der Waals surface area (Å²) in [5, 5.41) is 2.51. The molecule has 1 aliphatic heterocycles. The maximum atomic E-state index is 11.2. The van der Waals surface area contributed by atoms with Gasteiger partial charge in [0.2, 0.25) is 5.91 Å². The van der Waals surface area contributed by atoms with Gasteiger partial charge in [-0.1, -0.05) is 19.8 Å². The van der Waals surface area contributed by atoms with E-state index < -0.39 is 0 Å². The first-order chi connectivity index (χ1) is 6.16. The number of hydrogen-bond acceptors (Lipinski definition) is 2. The molecule has 1 unspecified atom stereocenters. The third-order valence-corrected chi connectivity index (χ3v) is 2.29. The third-order valence-electron chi connectivity index (χ3n) is 2.29. The molecule has 0 spiro atoms. The van der Waals surface area contributed by atoms with Gasteiger partial charge < -0.3 is 5.32 Å². The number of nitrogens with zero attached hydrogens (tertiary/aromatic N) is 1. The summed E-state index contributed by atoms with van der Waals surface area (Å²) in [4.78, 5) is 23.7. The molecule has 1 aliphatic rings. The molecule has 1 fully saturated rings. The minimum Gasteiger partial charge on any atom is -0.329 e. The summed E-state index contributed by atoms with van der Waals surface area (Å²) in [6, 6.07) is -0.205. The van der Waals surface area contributed by atoms with Gasteiger partial charge in [-0.25, -0.2) is 4.79 Å². The molecule has 13 heavy (non-hydrogen) atoms. The molecule has 1 N–H and O–H groups in total. The summed E-state index contributed by atoms with van der Waals surface area (Å²) in [7, 11) is 0. The van der Waals surface area contributed by atoms with Crippen molar-refractivity contribution in [3.63, 3.8) is 0 Å². The first-order valence-electron chi connectivity index (χ1n) is 4.76. The van der Waals surface area contributed by atoms with Crippen molar-refractivity contribution in [2.75, 3.05) is 6.54 Å². The highest BCUT2D eigenvalue weighted by Gasteiger charge is 2.31. The van der Waals surface area contributed by atoms with Gasteiger partial charge >= 0.3 is 6.03 Å². The lowest BCUT2D eigenvalue weighted by molar-refractivity contribution is -0.126. The molecule has 1 atom stereocenters. The van der Waals surface area contributed by atoms with Crippen LogP contribution >= 0.6 is 0 Å². The highest BCUT2D eigenvalue weighted by Crippen LogP contribution is 2.11. The summed E-state index contributed by atoms with van der Waals surface area (Å²) in [5.74, 6) is -0.103. The number of carbonyl (C=O) groups excluding carboxylic acids is 2. The molecule has 0 aromatic rings. The van der Waals surface area contributed by atoms with E-state index in [-0.39, 0.29) is 24.5 Å². The van der Waals surface area contributed by atoms with Crippen LogP contribution < -0.4 is 5.32 Å². The van der Waals surface area contributed by atoms with Crippen LogP contribution in [-0.2, 0) is 4.79 Å². The molecule has 1 rings (SSSR count). The van der Waals surface area contributed by atoms with E-state index in [1.807, 2.05) is 6.92 Å². The smallest absolute Gasteiger partial charge is 0.324 e. The number of rotatable bonds is 4. The van der Waals surface area contributed by atoms with Crippen LogP contribution in [0, 0.1) is 0 Å². The standard InChI is InChI=1S/C9H16N2O2/c1-3-4-5-7(2)11-8(12)6-10-9(11)13/h7H,3-6H2,1-2H3,(H,10,13). The van der Waals surface area contributed by atoms with Crippen LogP contribution in [0.1, 0.15) is 33.1 Å². The normalized spacial score (nSPS) is 19.1. The lowest BCUT2D eigenvalue weighted by atomic mass is 10.1. The highest BCUT2D eigenvalue weighted by atomic mass is 16.2. The molecule has 4 heteroatoms. The summed E-state index contributed by atoms with van der Waals surface area (Å²) >= 11 is 0. The Hall–Kier alpha value is -1.06. The summed E-state index contributed by atoms with van der Waals surface area (Å²) in [5.41, 5.74) is 0. The first-order valence-corrected chi connectivity index (χ1v) is 4.76. The Morgan fingerprint density at radius 1 is 1.54 bits per heavy atom. The van der Waals surface area contributed by atoms with Gasteiger partial charge in [-0.15, -0.1) is 0 Å². The third kappa shape index (κ3) is 2.20. The lowest BCUT2D eigenvalue weighted by Gasteiger charge is -2.20. The molecule has 0 aliphatic carbocycles. The average Bonchev–Trinajstić information content (AvgIpc) is 2.42. The van der Waals surface area contributed by atoms with Crippen LogP contribution in [0.3, 0.4) is 0 Å². The number of hydrogen-bond donors (Lipinski definition) is 1. The zero-order valence-electron chi connectivity index (χ0n) is 8.17. The van der Waals surface area contributed by atoms with Gasteiger partial charge in [0, 0.05) is 6.04 Å². The lowest BCUT2D eigenvalue weighted by Crippen LogP contribution is -2.38. The molecule has 4 nitrogen and oxygen atoms in total. The fourth-order valence-corrected chi connectivity index (χ4v) is 1.51. The molecule has 0 aromatic carbocycles. The summed E-state index contributed by atoms with van der Waals surface area (Å²) < 4.78 is 0. The van der Waals surface area contributed by atoms with Gasteiger partial charge in [-0.2, -0.15) is 0 Å². The zero-order valence-corrected chi connectivity index (χ0v) is 8.17.